The third kappa shape index (κ3) is 3.23. The van der Waals surface area contributed by atoms with Crippen molar-refractivity contribution in [1.29, 1.82) is 0 Å². The molecule has 0 N–H and O–H groups in total. The fourth-order valence-electron chi connectivity index (χ4n) is 2.54. The standard InChI is InChI=1S/C13H20BrNO2S2/c1-13(2)7-4-10(5-8-13)15(3)19(16,17)12-11(14)6-9-18-12/h6,9-10H,4-5,7-8H2,1-3H3. The summed E-state index contributed by atoms with van der Waals surface area (Å²) in [7, 11) is -1.65. The quantitative estimate of drug-likeness (QED) is 0.808. The number of rotatable bonds is 3. The van der Waals surface area contributed by atoms with Crippen LogP contribution in [0.3, 0.4) is 0 Å². The highest BCUT2D eigenvalue weighted by Crippen LogP contribution is 2.39. The first-order chi connectivity index (χ1) is 8.74. The second-order valence-corrected chi connectivity index (χ2v) is 9.94. The van der Waals surface area contributed by atoms with Gasteiger partial charge in [0, 0.05) is 17.6 Å². The molecule has 1 aromatic rings. The lowest BCUT2D eigenvalue weighted by molar-refractivity contribution is 0.174. The van der Waals surface area contributed by atoms with Crippen LogP contribution >= 0.6 is 27.3 Å². The molecule has 0 bridgehead atoms. The van der Waals surface area contributed by atoms with E-state index in [0.717, 1.165) is 25.7 Å². The SMILES string of the molecule is CN(C1CCC(C)(C)CC1)S(=O)(=O)c1sccc1Br. The van der Waals surface area contributed by atoms with E-state index in [0.29, 0.717) is 14.1 Å². The molecule has 0 amide bonds. The summed E-state index contributed by atoms with van der Waals surface area (Å²) < 4.78 is 27.8. The third-order valence-corrected chi connectivity index (χ3v) is 8.58. The highest BCUT2D eigenvalue weighted by atomic mass is 79.9. The summed E-state index contributed by atoms with van der Waals surface area (Å²) in [4.78, 5) is 0. The number of halogens is 1. The van der Waals surface area contributed by atoms with Crippen molar-refractivity contribution >= 4 is 37.3 Å². The molecule has 1 heterocycles. The molecule has 0 atom stereocenters. The maximum absolute atomic E-state index is 12.6. The van der Waals surface area contributed by atoms with Crippen LogP contribution in [0.5, 0.6) is 0 Å². The van der Waals surface area contributed by atoms with Crippen molar-refractivity contribution in [2.45, 2.75) is 49.8 Å². The van der Waals surface area contributed by atoms with Gasteiger partial charge >= 0.3 is 0 Å². The molecule has 0 aromatic carbocycles. The van der Waals surface area contributed by atoms with Gasteiger partial charge in [0.05, 0.1) is 0 Å². The molecule has 108 valence electrons. The average molecular weight is 366 g/mol. The monoisotopic (exact) mass is 365 g/mol. The molecule has 0 unspecified atom stereocenters. The first-order valence-corrected chi connectivity index (χ1v) is 9.56. The minimum Gasteiger partial charge on any atom is -0.206 e. The Morgan fingerprint density at radius 1 is 1.37 bits per heavy atom. The lowest BCUT2D eigenvalue weighted by Crippen LogP contribution is -2.40. The van der Waals surface area contributed by atoms with Crippen LogP contribution in [0.2, 0.25) is 0 Å². The van der Waals surface area contributed by atoms with Crippen LogP contribution in [-0.4, -0.2) is 25.8 Å². The maximum Gasteiger partial charge on any atom is 0.253 e. The largest absolute Gasteiger partial charge is 0.253 e. The van der Waals surface area contributed by atoms with Crippen LogP contribution in [0.1, 0.15) is 39.5 Å². The fraction of sp³-hybridized carbons (Fsp3) is 0.692. The van der Waals surface area contributed by atoms with Crippen molar-refractivity contribution in [2.75, 3.05) is 7.05 Å². The Labute approximate surface area is 128 Å². The van der Waals surface area contributed by atoms with Crippen LogP contribution < -0.4 is 0 Å². The Balaban J connectivity index is 2.16. The maximum atomic E-state index is 12.6. The highest BCUT2D eigenvalue weighted by molar-refractivity contribution is 9.10. The normalized spacial score (nSPS) is 20.9. The Kier molecular flexibility index (Phi) is 4.45. The van der Waals surface area contributed by atoms with Crippen molar-refractivity contribution in [3.05, 3.63) is 15.9 Å². The molecular weight excluding hydrogens is 346 g/mol. The van der Waals surface area contributed by atoms with Crippen LogP contribution in [0.15, 0.2) is 20.1 Å². The first kappa shape index (κ1) is 15.5. The molecule has 3 nitrogen and oxygen atoms in total. The smallest absolute Gasteiger partial charge is 0.206 e. The Morgan fingerprint density at radius 3 is 2.42 bits per heavy atom. The summed E-state index contributed by atoms with van der Waals surface area (Å²) in [5, 5.41) is 1.80. The summed E-state index contributed by atoms with van der Waals surface area (Å²) >= 11 is 4.59. The molecule has 1 aliphatic carbocycles. The predicted molar refractivity (Wildman–Crippen MR) is 83.0 cm³/mol. The van der Waals surface area contributed by atoms with Gasteiger partial charge in [0.15, 0.2) is 0 Å². The van der Waals surface area contributed by atoms with Crippen molar-refractivity contribution in [2.24, 2.45) is 5.41 Å². The summed E-state index contributed by atoms with van der Waals surface area (Å²) in [6, 6.07) is 1.92. The van der Waals surface area contributed by atoms with Crippen molar-refractivity contribution < 1.29 is 8.42 Å². The van der Waals surface area contributed by atoms with E-state index in [1.165, 1.54) is 11.3 Å². The number of sulfonamides is 1. The van der Waals surface area contributed by atoms with Crippen LogP contribution in [0.25, 0.3) is 0 Å². The number of hydrogen-bond acceptors (Lipinski definition) is 3. The molecule has 2 rings (SSSR count). The highest BCUT2D eigenvalue weighted by Gasteiger charge is 2.35. The Bertz CT molecular complexity index is 541. The number of hydrogen-bond donors (Lipinski definition) is 0. The van der Waals surface area contributed by atoms with Crippen LogP contribution in [0, 0.1) is 5.41 Å². The summed E-state index contributed by atoms with van der Waals surface area (Å²) in [6.07, 6.45) is 4.07. The molecule has 1 saturated carbocycles. The zero-order chi connectivity index (χ0) is 14.3. The minimum atomic E-state index is -3.36. The van der Waals surface area contributed by atoms with Crippen LogP contribution in [0.4, 0.5) is 0 Å². The van der Waals surface area contributed by atoms with E-state index in [1.807, 2.05) is 0 Å². The minimum absolute atomic E-state index is 0.132. The molecular formula is C13H20BrNO2S2. The van der Waals surface area contributed by atoms with E-state index >= 15 is 0 Å². The lowest BCUT2D eigenvalue weighted by Gasteiger charge is -2.37. The van der Waals surface area contributed by atoms with Crippen LogP contribution in [-0.2, 0) is 10.0 Å². The molecule has 19 heavy (non-hydrogen) atoms. The molecule has 1 fully saturated rings. The van der Waals surface area contributed by atoms with E-state index in [9.17, 15) is 8.42 Å². The van der Waals surface area contributed by atoms with Gasteiger partial charge in [0.2, 0.25) is 0 Å². The molecule has 0 saturated heterocycles. The molecule has 1 aliphatic rings. The van der Waals surface area contributed by atoms with Gasteiger partial charge in [0.25, 0.3) is 10.0 Å². The number of thiophene rings is 1. The lowest BCUT2D eigenvalue weighted by atomic mass is 9.76. The Hall–Kier alpha value is 0.0900. The van der Waals surface area contributed by atoms with Crippen molar-refractivity contribution in [3.8, 4) is 0 Å². The topological polar surface area (TPSA) is 37.4 Å². The zero-order valence-corrected chi connectivity index (χ0v) is 14.7. The molecule has 6 heteroatoms. The fourth-order valence-corrected chi connectivity index (χ4v) is 6.43. The molecule has 0 aliphatic heterocycles. The summed E-state index contributed by atoms with van der Waals surface area (Å²) in [5.41, 5.74) is 0.352. The van der Waals surface area contributed by atoms with E-state index in [-0.39, 0.29) is 6.04 Å². The van der Waals surface area contributed by atoms with Gasteiger partial charge < -0.3 is 0 Å². The molecule has 1 aromatic heterocycles. The van der Waals surface area contributed by atoms with Gasteiger partial charge in [-0.1, -0.05) is 13.8 Å². The first-order valence-electron chi connectivity index (χ1n) is 6.45. The molecule has 0 radical (unpaired) electrons. The predicted octanol–water partition coefficient (Wildman–Crippen LogP) is 4.10. The van der Waals surface area contributed by atoms with E-state index in [1.54, 1.807) is 22.8 Å². The van der Waals surface area contributed by atoms with E-state index in [4.69, 9.17) is 0 Å². The van der Waals surface area contributed by atoms with Gasteiger partial charge in [-0.2, -0.15) is 4.31 Å². The second kappa shape index (κ2) is 5.47. The van der Waals surface area contributed by atoms with Gasteiger partial charge in [-0.25, -0.2) is 8.42 Å². The van der Waals surface area contributed by atoms with Gasteiger partial charge in [-0.05, 0) is 58.5 Å². The third-order valence-electron chi connectivity index (χ3n) is 4.02. The zero-order valence-electron chi connectivity index (χ0n) is 11.5. The van der Waals surface area contributed by atoms with Crippen molar-refractivity contribution in [1.82, 2.24) is 4.31 Å². The average Bonchev–Trinajstić information content (AvgIpc) is 2.75. The van der Waals surface area contributed by atoms with E-state index in [2.05, 4.69) is 29.8 Å². The van der Waals surface area contributed by atoms with E-state index < -0.39 is 10.0 Å². The second-order valence-electron chi connectivity index (χ2n) is 5.97. The van der Waals surface area contributed by atoms with Gasteiger partial charge in [0.1, 0.15) is 4.21 Å². The summed E-state index contributed by atoms with van der Waals surface area (Å²) in [6.45, 7) is 4.52. The summed E-state index contributed by atoms with van der Waals surface area (Å²) in [5.74, 6) is 0. The Morgan fingerprint density at radius 2 is 1.95 bits per heavy atom. The van der Waals surface area contributed by atoms with Gasteiger partial charge in [-0.3, -0.25) is 0 Å². The van der Waals surface area contributed by atoms with Crippen molar-refractivity contribution in [3.63, 3.8) is 0 Å². The molecule has 0 spiro atoms. The number of nitrogens with zero attached hydrogens (tertiary/aromatic N) is 1. The van der Waals surface area contributed by atoms with Gasteiger partial charge in [-0.15, -0.1) is 11.3 Å².